The summed E-state index contributed by atoms with van der Waals surface area (Å²) in [6.07, 6.45) is 6.94. The summed E-state index contributed by atoms with van der Waals surface area (Å²) in [4.78, 5) is 29.6. The maximum Gasteiger partial charge on any atom is 0.308 e. The summed E-state index contributed by atoms with van der Waals surface area (Å²) in [6, 6.07) is 13.5. The van der Waals surface area contributed by atoms with Crippen LogP contribution in [0.5, 0.6) is 11.5 Å². The first-order valence-electron chi connectivity index (χ1n) is 13.3. The number of pyridine rings is 1. The Balaban J connectivity index is 1.24. The minimum Gasteiger partial charge on any atom is -0.490 e. The van der Waals surface area contributed by atoms with Crippen molar-refractivity contribution in [3.8, 4) is 11.5 Å². The number of nitrogens with zero attached hydrogens (tertiary/aromatic N) is 5. The molecular weight excluding hydrogens is 484 g/mol. The van der Waals surface area contributed by atoms with Gasteiger partial charge in [-0.1, -0.05) is 18.2 Å². The van der Waals surface area contributed by atoms with Gasteiger partial charge in [-0.15, -0.1) is 0 Å². The van der Waals surface area contributed by atoms with Crippen molar-refractivity contribution in [2.45, 2.75) is 38.7 Å². The van der Waals surface area contributed by atoms with Gasteiger partial charge in [0.25, 0.3) is 0 Å². The Morgan fingerprint density at radius 2 is 1.71 bits per heavy atom. The monoisotopic (exact) mass is 518 g/mol. The second-order valence-electron chi connectivity index (χ2n) is 9.60. The van der Waals surface area contributed by atoms with Crippen LogP contribution in [0.1, 0.15) is 32.6 Å². The van der Waals surface area contributed by atoms with Crippen molar-refractivity contribution in [2.75, 3.05) is 47.9 Å². The zero-order chi connectivity index (χ0) is 26.3. The molecule has 3 aromatic rings. The predicted octanol–water partition coefficient (Wildman–Crippen LogP) is 4.36. The van der Waals surface area contributed by atoms with E-state index in [0.29, 0.717) is 37.8 Å². The first-order chi connectivity index (χ1) is 18.6. The van der Waals surface area contributed by atoms with E-state index in [-0.39, 0.29) is 12.0 Å². The van der Waals surface area contributed by atoms with Gasteiger partial charge >= 0.3 is 5.97 Å². The van der Waals surface area contributed by atoms with Crippen molar-refractivity contribution >= 4 is 29.2 Å². The Morgan fingerprint density at radius 3 is 2.53 bits per heavy atom. The second-order valence-corrected chi connectivity index (χ2v) is 9.60. The largest absolute Gasteiger partial charge is 0.490 e. The summed E-state index contributed by atoms with van der Waals surface area (Å²) in [5.74, 6) is 3.17. The molecule has 200 valence electrons. The summed E-state index contributed by atoms with van der Waals surface area (Å²) in [6.45, 7) is 5.39. The lowest BCUT2D eigenvalue weighted by molar-refractivity contribution is -0.141. The highest BCUT2D eigenvalue weighted by atomic mass is 16.5. The molecule has 10 nitrogen and oxygen atoms in total. The number of carbonyl (C=O) groups is 1. The predicted molar refractivity (Wildman–Crippen MR) is 146 cm³/mol. The molecule has 2 atom stereocenters. The van der Waals surface area contributed by atoms with Gasteiger partial charge in [0.05, 0.1) is 31.5 Å². The molecule has 2 saturated heterocycles. The van der Waals surface area contributed by atoms with E-state index in [0.717, 1.165) is 55.5 Å². The number of nitrogens with one attached hydrogen (secondary N) is 1. The van der Waals surface area contributed by atoms with Crippen LogP contribution in [0.15, 0.2) is 54.9 Å². The second kappa shape index (κ2) is 12.0. The van der Waals surface area contributed by atoms with E-state index in [1.165, 1.54) is 0 Å². The lowest BCUT2D eigenvalue weighted by Crippen LogP contribution is -2.41. The number of piperidine rings is 2. The van der Waals surface area contributed by atoms with Gasteiger partial charge in [-0.25, -0.2) is 9.97 Å². The van der Waals surface area contributed by atoms with Crippen LogP contribution >= 0.6 is 0 Å². The van der Waals surface area contributed by atoms with Crippen LogP contribution in [0, 0.1) is 5.92 Å². The van der Waals surface area contributed by atoms with Crippen LogP contribution in [-0.2, 0) is 4.79 Å². The summed E-state index contributed by atoms with van der Waals surface area (Å²) >= 11 is 0. The first kappa shape index (κ1) is 25.6. The number of hydrogen-bond acceptors (Lipinski definition) is 9. The van der Waals surface area contributed by atoms with E-state index >= 15 is 0 Å². The Bertz CT molecular complexity index is 1240. The molecule has 10 heteroatoms. The molecule has 0 bridgehead atoms. The number of aromatic nitrogens is 3. The van der Waals surface area contributed by atoms with Gasteiger partial charge in [0.2, 0.25) is 0 Å². The molecule has 0 radical (unpaired) electrons. The average Bonchev–Trinajstić information content (AvgIpc) is 2.95. The third kappa shape index (κ3) is 6.24. The quantitative estimate of drug-likeness (QED) is 0.423. The van der Waals surface area contributed by atoms with Crippen LogP contribution < -0.4 is 24.6 Å². The fraction of sp³-hybridized carbons (Fsp3) is 0.429. The summed E-state index contributed by atoms with van der Waals surface area (Å²) in [7, 11) is 0. The van der Waals surface area contributed by atoms with E-state index < -0.39 is 5.97 Å². The number of hydrogen-bond donors (Lipinski definition) is 2. The molecule has 0 amide bonds. The number of carboxylic acids is 1. The molecular formula is C28H34N6O4. The molecule has 38 heavy (non-hydrogen) atoms. The molecule has 1 aromatic carbocycles. The Hall–Kier alpha value is -4.08. The molecule has 0 aliphatic carbocycles. The molecule has 5 rings (SSSR count). The van der Waals surface area contributed by atoms with Gasteiger partial charge in [0.1, 0.15) is 23.6 Å². The van der Waals surface area contributed by atoms with Crippen molar-refractivity contribution in [3.05, 3.63) is 54.9 Å². The minimum atomic E-state index is -0.750. The van der Waals surface area contributed by atoms with Crippen molar-refractivity contribution in [3.63, 3.8) is 0 Å². The van der Waals surface area contributed by atoms with Crippen molar-refractivity contribution < 1.29 is 19.4 Å². The summed E-state index contributed by atoms with van der Waals surface area (Å²) < 4.78 is 12.0. The molecule has 2 unspecified atom stereocenters. The average molecular weight is 519 g/mol. The van der Waals surface area contributed by atoms with E-state index in [1.807, 2.05) is 54.3 Å². The maximum atomic E-state index is 11.5. The fourth-order valence-corrected chi connectivity index (χ4v) is 5.00. The van der Waals surface area contributed by atoms with Crippen molar-refractivity contribution in [1.29, 1.82) is 0 Å². The third-order valence-corrected chi connectivity index (χ3v) is 6.85. The maximum absolute atomic E-state index is 11.5. The number of carboxylic acid groups (broad SMARTS) is 1. The number of ether oxygens (including phenoxy) is 2. The van der Waals surface area contributed by atoms with Crippen molar-refractivity contribution in [1.82, 2.24) is 15.0 Å². The van der Waals surface area contributed by atoms with Gasteiger partial charge in [0, 0.05) is 19.6 Å². The van der Waals surface area contributed by atoms with E-state index in [9.17, 15) is 9.90 Å². The third-order valence-electron chi connectivity index (χ3n) is 6.85. The van der Waals surface area contributed by atoms with Crippen LogP contribution in [0.3, 0.4) is 0 Å². The standard InChI is InChI=1S/C28H34N6O4/c1-2-37-22-10-3-4-11-23(22)38-21-9-7-15-34(19-21)27-17-29-16-25(32-27)30-24-12-5-13-26(31-24)33-14-6-8-20(18-33)28(35)36/h3-5,10-13,16-17,20-21H,2,6-9,14-15,18-19H2,1H3,(H,35,36)(H,30,31,32). The highest BCUT2D eigenvalue weighted by Gasteiger charge is 2.26. The highest BCUT2D eigenvalue weighted by Crippen LogP contribution is 2.30. The zero-order valence-electron chi connectivity index (χ0n) is 21.6. The normalized spacial score (nSPS) is 19.6. The lowest BCUT2D eigenvalue weighted by Gasteiger charge is -2.33. The highest BCUT2D eigenvalue weighted by molar-refractivity contribution is 5.71. The van der Waals surface area contributed by atoms with Gasteiger partial charge in [-0.05, 0) is 56.9 Å². The molecule has 2 aliphatic rings. The van der Waals surface area contributed by atoms with E-state index in [2.05, 4.69) is 15.2 Å². The number of aliphatic carboxylic acids is 1. The molecule has 0 saturated carbocycles. The Kier molecular flexibility index (Phi) is 8.06. The van der Waals surface area contributed by atoms with Crippen LogP contribution in [-0.4, -0.2) is 64.9 Å². The minimum absolute atomic E-state index is 0.0151. The van der Waals surface area contributed by atoms with E-state index in [1.54, 1.807) is 12.4 Å². The van der Waals surface area contributed by atoms with Gasteiger partial charge < -0.3 is 29.7 Å². The zero-order valence-corrected chi connectivity index (χ0v) is 21.6. The lowest BCUT2D eigenvalue weighted by atomic mass is 9.98. The van der Waals surface area contributed by atoms with Gasteiger partial charge in [0.15, 0.2) is 17.3 Å². The van der Waals surface area contributed by atoms with Crippen LogP contribution in [0.25, 0.3) is 0 Å². The smallest absolute Gasteiger partial charge is 0.308 e. The van der Waals surface area contributed by atoms with Crippen LogP contribution in [0.4, 0.5) is 23.3 Å². The molecule has 0 spiro atoms. The molecule has 2 aromatic heterocycles. The number of anilines is 4. The van der Waals surface area contributed by atoms with Gasteiger partial charge in [-0.3, -0.25) is 9.78 Å². The molecule has 2 fully saturated rings. The Morgan fingerprint density at radius 1 is 0.947 bits per heavy atom. The first-order valence-corrected chi connectivity index (χ1v) is 13.3. The SMILES string of the molecule is CCOc1ccccc1OC1CCCN(c2cncc(Nc3cccc(N4CCCC(C(=O)O)C4)n3)n2)C1. The van der Waals surface area contributed by atoms with Crippen LogP contribution in [0.2, 0.25) is 0 Å². The molecule has 2 aliphatic heterocycles. The fourth-order valence-electron chi connectivity index (χ4n) is 5.00. The number of benzene rings is 1. The Labute approximate surface area is 222 Å². The van der Waals surface area contributed by atoms with E-state index in [4.69, 9.17) is 19.4 Å². The van der Waals surface area contributed by atoms with Gasteiger partial charge in [-0.2, -0.15) is 0 Å². The topological polar surface area (TPSA) is 113 Å². The summed E-state index contributed by atoms with van der Waals surface area (Å²) in [5, 5.41) is 12.7. The molecule has 2 N–H and O–H groups in total. The number of rotatable bonds is 9. The summed E-state index contributed by atoms with van der Waals surface area (Å²) in [5.41, 5.74) is 0. The van der Waals surface area contributed by atoms with Crippen molar-refractivity contribution in [2.24, 2.45) is 5.92 Å². The number of para-hydroxylation sites is 2. The molecule has 4 heterocycles.